The summed E-state index contributed by atoms with van der Waals surface area (Å²) < 4.78 is 16.0. The van der Waals surface area contributed by atoms with E-state index in [1.807, 2.05) is 0 Å². The Morgan fingerprint density at radius 3 is 2.57 bits per heavy atom. The van der Waals surface area contributed by atoms with Crippen molar-refractivity contribution in [3.63, 3.8) is 0 Å². The first kappa shape index (κ1) is 6.78. The second-order valence-corrected chi connectivity index (χ2v) is 1.24. The average Bonchev–Trinajstić information content (AvgIpc) is 1.68. The monoisotopic (exact) mass is 121 g/mol. The van der Waals surface area contributed by atoms with Crippen LogP contribution < -0.4 is 0 Å². The summed E-state index contributed by atoms with van der Waals surface area (Å²) in [6.45, 7) is 1.66. The van der Waals surface area contributed by atoms with Crippen LogP contribution in [0.15, 0.2) is 4.40 Å². The molecule has 0 bridgehead atoms. The highest BCUT2D eigenvalue weighted by molar-refractivity contribution is 7.92. The van der Waals surface area contributed by atoms with Crippen LogP contribution in [0.25, 0.3) is 0 Å². The fraction of sp³-hybridized carbons (Fsp3) is 0.667. The van der Waals surface area contributed by atoms with Crippen LogP contribution in [-0.2, 0) is 4.74 Å². The number of hydrogen-bond acceptors (Lipinski definition) is 4. The largest absolute Gasteiger partial charge is 0.484 e. The van der Waals surface area contributed by atoms with Gasteiger partial charge >= 0.3 is 0 Å². The van der Waals surface area contributed by atoms with Crippen LogP contribution in [0.1, 0.15) is 6.92 Å². The minimum atomic E-state index is 0.397. The zero-order valence-corrected chi connectivity index (χ0v) is 5.03. The molecule has 3 nitrogen and oxygen atoms in total. The van der Waals surface area contributed by atoms with Gasteiger partial charge < -0.3 is 9.29 Å². The standard InChI is InChI=1S/C3H7NO2S/c1-3(6-2)4-7-5/h5H,1-2H3/b4-3-. The summed E-state index contributed by atoms with van der Waals surface area (Å²) in [5, 5.41) is 0. The van der Waals surface area contributed by atoms with Gasteiger partial charge in [-0.05, 0) is 0 Å². The Hall–Kier alpha value is -0.220. The van der Waals surface area contributed by atoms with Gasteiger partial charge in [0.15, 0.2) is 5.90 Å². The van der Waals surface area contributed by atoms with Gasteiger partial charge in [0.1, 0.15) is 12.2 Å². The molecule has 42 valence electrons. The van der Waals surface area contributed by atoms with Gasteiger partial charge in [0.05, 0.1) is 7.11 Å². The third-order valence-corrected chi connectivity index (χ3v) is 0.804. The molecule has 0 spiro atoms. The molecule has 0 fully saturated rings. The van der Waals surface area contributed by atoms with E-state index in [1.54, 1.807) is 6.92 Å². The van der Waals surface area contributed by atoms with E-state index < -0.39 is 0 Å². The predicted molar refractivity (Wildman–Crippen MR) is 30.3 cm³/mol. The summed E-state index contributed by atoms with van der Waals surface area (Å²) in [4.78, 5) is 0. The molecule has 0 aliphatic rings. The molecule has 7 heavy (non-hydrogen) atoms. The highest BCUT2D eigenvalue weighted by Crippen LogP contribution is 1.92. The molecule has 0 aromatic rings. The van der Waals surface area contributed by atoms with E-state index in [4.69, 9.17) is 4.55 Å². The number of ether oxygens (including phenoxy) is 1. The molecule has 0 aromatic carbocycles. The van der Waals surface area contributed by atoms with Gasteiger partial charge in [0.25, 0.3) is 0 Å². The maximum absolute atomic E-state index is 8.02. The maximum Gasteiger partial charge on any atom is 0.193 e. The van der Waals surface area contributed by atoms with Gasteiger partial charge in [-0.1, -0.05) is 0 Å². The Bertz CT molecular complexity index is 73.3. The number of methoxy groups -OCH3 is 1. The van der Waals surface area contributed by atoms with E-state index in [0.717, 1.165) is 0 Å². The second kappa shape index (κ2) is 3.95. The lowest BCUT2D eigenvalue weighted by Gasteiger charge is -1.90. The van der Waals surface area contributed by atoms with Crippen LogP contribution in [0.4, 0.5) is 0 Å². The van der Waals surface area contributed by atoms with E-state index >= 15 is 0 Å². The zero-order valence-electron chi connectivity index (χ0n) is 4.21. The summed E-state index contributed by atoms with van der Waals surface area (Å²) in [5.74, 6) is 0.465. The van der Waals surface area contributed by atoms with Crippen LogP contribution in [-0.4, -0.2) is 17.6 Å². The van der Waals surface area contributed by atoms with Crippen molar-refractivity contribution in [1.82, 2.24) is 0 Å². The van der Waals surface area contributed by atoms with Crippen LogP contribution in [0.3, 0.4) is 0 Å². The number of rotatable bonds is 1. The molecule has 0 radical (unpaired) electrons. The van der Waals surface area contributed by atoms with Crippen molar-refractivity contribution in [3.8, 4) is 0 Å². The molecule has 0 rings (SSSR count). The quantitative estimate of drug-likeness (QED) is 0.245. The lowest BCUT2D eigenvalue weighted by Crippen LogP contribution is -1.90. The van der Waals surface area contributed by atoms with E-state index in [1.165, 1.54) is 7.11 Å². The Morgan fingerprint density at radius 2 is 2.43 bits per heavy atom. The summed E-state index contributed by atoms with van der Waals surface area (Å²) in [6, 6.07) is 0. The molecular weight excluding hydrogens is 114 g/mol. The lowest BCUT2D eigenvalue weighted by atomic mass is 10.8. The minimum absolute atomic E-state index is 0.397. The van der Waals surface area contributed by atoms with Crippen molar-refractivity contribution in [2.24, 2.45) is 4.40 Å². The molecule has 4 heteroatoms. The zero-order chi connectivity index (χ0) is 5.70. The van der Waals surface area contributed by atoms with E-state index in [9.17, 15) is 0 Å². The van der Waals surface area contributed by atoms with Gasteiger partial charge in [-0.2, -0.15) is 4.40 Å². The first-order valence-electron chi connectivity index (χ1n) is 1.70. The Kier molecular flexibility index (Phi) is 3.83. The normalized spacial score (nSPS) is 11.6. The van der Waals surface area contributed by atoms with Gasteiger partial charge in [-0.15, -0.1) is 0 Å². The molecule has 0 amide bonds. The minimum Gasteiger partial charge on any atom is -0.484 e. The summed E-state index contributed by atoms with van der Waals surface area (Å²) in [5.41, 5.74) is 0. The summed E-state index contributed by atoms with van der Waals surface area (Å²) >= 11 is 0.397. The van der Waals surface area contributed by atoms with Crippen molar-refractivity contribution in [1.29, 1.82) is 0 Å². The van der Waals surface area contributed by atoms with Gasteiger partial charge in [0.2, 0.25) is 0 Å². The highest BCUT2D eigenvalue weighted by Gasteiger charge is 1.80. The number of nitrogens with zero attached hydrogens (tertiary/aromatic N) is 1. The third-order valence-electron chi connectivity index (χ3n) is 0.465. The fourth-order valence-corrected chi connectivity index (χ4v) is 0.284. The molecule has 0 aliphatic carbocycles. The second-order valence-electron chi connectivity index (χ2n) is 0.896. The molecule has 0 unspecified atom stereocenters. The summed E-state index contributed by atoms with van der Waals surface area (Å²) in [6.07, 6.45) is 0. The molecular formula is C3H7NO2S. The van der Waals surface area contributed by atoms with Crippen molar-refractivity contribution < 1.29 is 9.29 Å². The smallest absolute Gasteiger partial charge is 0.193 e. The van der Waals surface area contributed by atoms with Gasteiger partial charge in [-0.25, -0.2) is 0 Å². The molecule has 0 saturated carbocycles. The average molecular weight is 121 g/mol. The van der Waals surface area contributed by atoms with Gasteiger partial charge in [-0.3, -0.25) is 0 Å². The SMILES string of the molecule is CO/C(C)=N\SO. The van der Waals surface area contributed by atoms with Crippen LogP contribution in [0, 0.1) is 0 Å². The Balaban J connectivity index is 3.29. The van der Waals surface area contributed by atoms with E-state index in [-0.39, 0.29) is 0 Å². The molecule has 0 aliphatic heterocycles. The lowest BCUT2D eigenvalue weighted by molar-refractivity contribution is 0.401. The van der Waals surface area contributed by atoms with Crippen LogP contribution in [0.5, 0.6) is 0 Å². The molecule has 0 saturated heterocycles. The fourth-order valence-electron chi connectivity index (χ4n) is 0.0948. The first-order chi connectivity index (χ1) is 3.31. The maximum atomic E-state index is 8.02. The molecule has 1 N–H and O–H groups in total. The number of hydrogen-bond donors (Lipinski definition) is 1. The Labute approximate surface area is 46.7 Å². The van der Waals surface area contributed by atoms with Gasteiger partial charge in [0, 0.05) is 6.92 Å². The summed E-state index contributed by atoms with van der Waals surface area (Å²) in [7, 11) is 1.50. The molecule has 0 heterocycles. The highest BCUT2D eigenvalue weighted by atomic mass is 32.2. The van der Waals surface area contributed by atoms with E-state index in [0.29, 0.717) is 18.1 Å². The molecule has 0 aromatic heterocycles. The Morgan fingerprint density at radius 1 is 1.86 bits per heavy atom. The van der Waals surface area contributed by atoms with Crippen molar-refractivity contribution >= 4 is 18.1 Å². The van der Waals surface area contributed by atoms with Crippen LogP contribution in [0.2, 0.25) is 0 Å². The van der Waals surface area contributed by atoms with Crippen LogP contribution >= 0.6 is 12.2 Å². The first-order valence-corrected chi connectivity index (χ1v) is 2.43. The van der Waals surface area contributed by atoms with Crippen molar-refractivity contribution in [3.05, 3.63) is 0 Å². The third kappa shape index (κ3) is 3.61. The predicted octanol–water partition coefficient (Wildman–Crippen LogP) is 1.17. The van der Waals surface area contributed by atoms with E-state index in [2.05, 4.69) is 9.13 Å². The molecule has 0 atom stereocenters. The van der Waals surface area contributed by atoms with Crippen molar-refractivity contribution in [2.75, 3.05) is 7.11 Å². The topological polar surface area (TPSA) is 41.8 Å². The van der Waals surface area contributed by atoms with Crippen molar-refractivity contribution in [2.45, 2.75) is 6.92 Å².